The van der Waals surface area contributed by atoms with E-state index in [1.165, 1.54) is 22.9 Å². The van der Waals surface area contributed by atoms with Crippen LogP contribution >= 0.6 is 11.6 Å². The number of aryl methyl sites for hydroxylation is 2. The summed E-state index contributed by atoms with van der Waals surface area (Å²) in [5.41, 5.74) is 1.58. The molecule has 0 aliphatic heterocycles. The Labute approximate surface area is 172 Å². The Hall–Kier alpha value is -3.38. The largest absolute Gasteiger partial charge is 0.444 e. The molecule has 0 radical (unpaired) electrons. The molecular weight excluding hydrogens is 392 g/mol. The lowest BCUT2D eigenvalue weighted by molar-refractivity contribution is -0.125. The summed E-state index contributed by atoms with van der Waals surface area (Å²) < 4.78 is 6.81. The third-order valence-corrected chi connectivity index (χ3v) is 4.75. The van der Waals surface area contributed by atoms with Gasteiger partial charge in [-0.15, -0.1) is 0 Å². The lowest BCUT2D eigenvalue weighted by atomic mass is 10.1. The maximum atomic E-state index is 12.9. The van der Waals surface area contributed by atoms with Gasteiger partial charge in [-0.05, 0) is 30.7 Å². The lowest BCUT2D eigenvalue weighted by Crippen LogP contribution is -2.26. The maximum absolute atomic E-state index is 12.9. The van der Waals surface area contributed by atoms with Crippen molar-refractivity contribution < 1.29 is 14.3 Å². The number of rotatable bonds is 5. The van der Waals surface area contributed by atoms with E-state index >= 15 is 0 Å². The third-order valence-electron chi connectivity index (χ3n) is 4.34. The van der Waals surface area contributed by atoms with E-state index in [1.807, 2.05) is 6.92 Å². The van der Waals surface area contributed by atoms with Gasteiger partial charge in [0, 0.05) is 35.6 Å². The van der Waals surface area contributed by atoms with Crippen molar-refractivity contribution in [3.63, 3.8) is 0 Å². The van der Waals surface area contributed by atoms with Gasteiger partial charge in [0.05, 0.1) is 5.56 Å². The number of carbonyl (C=O) groups is 2. The van der Waals surface area contributed by atoms with Crippen LogP contribution in [-0.4, -0.2) is 16.4 Å². The first kappa shape index (κ1) is 20.4. The van der Waals surface area contributed by atoms with Gasteiger partial charge < -0.3 is 14.6 Å². The summed E-state index contributed by atoms with van der Waals surface area (Å²) >= 11 is 6.12. The molecule has 3 rings (SSSR count). The highest BCUT2D eigenvalue weighted by Gasteiger charge is 2.26. The molecule has 29 heavy (non-hydrogen) atoms. The van der Waals surface area contributed by atoms with Gasteiger partial charge in [-0.25, -0.2) is 4.79 Å². The average molecular weight is 411 g/mol. The van der Waals surface area contributed by atoms with Gasteiger partial charge in [0.15, 0.2) is 0 Å². The second-order valence-corrected chi connectivity index (χ2v) is 6.92. The summed E-state index contributed by atoms with van der Waals surface area (Å²) in [6.07, 6.45) is 0.262. The highest BCUT2D eigenvalue weighted by Crippen LogP contribution is 2.24. The molecule has 0 fully saturated rings. The summed E-state index contributed by atoms with van der Waals surface area (Å²) in [7, 11) is 1.57. The van der Waals surface area contributed by atoms with E-state index in [0.29, 0.717) is 16.3 Å². The van der Waals surface area contributed by atoms with Crippen LogP contribution in [0.25, 0.3) is 0 Å². The molecule has 1 aromatic heterocycles. The number of nitrogens with one attached hydrogen (secondary N) is 1. The zero-order valence-corrected chi connectivity index (χ0v) is 16.6. The van der Waals surface area contributed by atoms with Gasteiger partial charge in [0.2, 0.25) is 6.10 Å². The average Bonchev–Trinajstić information content (AvgIpc) is 2.71. The lowest BCUT2D eigenvalue weighted by Gasteiger charge is -2.18. The number of hydrogen-bond acceptors (Lipinski definition) is 4. The molecule has 0 saturated carbocycles. The van der Waals surface area contributed by atoms with Crippen LogP contribution < -0.4 is 10.9 Å². The maximum Gasteiger partial charge on any atom is 0.339 e. The molecule has 0 aliphatic rings. The topological polar surface area (TPSA) is 77.4 Å². The number of esters is 1. The number of amides is 1. The van der Waals surface area contributed by atoms with Crippen molar-refractivity contribution in [3.8, 4) is 0 Å². The minimum atomic E-state index is -1.20. The van der Waals surface area contributed by atoms with E-state index in [9.17, 15) is 14.4 Å². The molecule has 6 nitrogen and oxygen atoms in total. The number of benzene rings is 2. The highest BCUT2D eigenvalue weighted by molar-refractivity contribution is 6.31. The molecule has 2 aromatic carbocycles. The van der Waals surface area contributed by atoms with Gasteiger partial charge >= 0.3 is 5.97 Å². The van der Waals surface area contributed by atoms with Crippen LogP contribution in [0.15, 0.2) is 71.7 Å². The van der Waals surface area contributed by atoms with Crippen molar-refractivity contribution in [1.29, 1.82) is 0 Å². The molecule has 3 aromatic rings. The zero-order chi connectivity index (χ0) is 21.0. The summed E-state index contributed by atoms with van der Waals surface area (Å²) in [6, 6.07) is 16.4. The molecule has 148 valence electrons. The fourth-order valence-electron chi connectivity index (χ4n) is 2.63. The Morgan fingerprint density at radius 3 is 2.45 bits per heavy atom. The number of aromatic nitrogens is 1. The molecule has 0 aliphatic carbocycles. The normalized spacial score (nSPS) is 11.6. The van der Waals surface area contributed by atoms with Gasteiger partial charge in [-0.2, -0.15) is 0 Å². The summed E-state index contributed by atoms with van der Waals surface area (Å²) in [5.74, 6) is -1.30. The van der Waals surface area contributed by atoms with E-state index in [-0.39, 0.29) is 11.1 Å². The van der Waals surface area contributed by atoms with Crippen molar-refractivity contribution in [2.24, 2.45) is 7.05 Å². The van der Waals surface area contributed by atoms with Crippen molar-refractivity contribution >= 4 is 29.2 Å². The van der Waals surface area contributed by atoms with Gasteiger partial charge in [-0.3, -0.25) is 9.59 Å². The number of nitrogens with zero attached hydrogens (tertiary/aromatic N) is 1. The second kappa shape index (κ2) is 8.75. The van der Waals surface area contributed by atoms with E-state index in [2.05, 4.69) is 5.32 Å². The molecule has 0 unspecified atom stereocenters. The first-order valence-electron chi connectivity index (χ1n) is 8.85. The number of hydrogen-bond donors (Lipinski definition) is 1. The zero-order valence-electron chi connectivity index (χ0n) is 15.9. The molecule has 0 bridgehead atoms. The van der Waals surface area contributed by atoms with Crippen molar-refractivity contribution in [1.82, 2.24) is 4.57 Å². The molecule has 0 spiro atoms. The monoisotopic (exact) mass is 410 g/mol. The Bertz CT molecular complexity index is 1110. The molecule has 7 heteroatoms. The van der Waals surface area contributed by atoms with Crippen LogP contribution in [0.5, 0.6) is 0 Å². The highest BCUT2D eigenvalue weighted by atomic mass is 35.5. The Morgan fingerprint density at radius 2 is 1.79 bits per heavy atom. The number of halogens is 1. The van der Waals surface area contributed by atoms with Crippen LogP contribution in [0.3, 0.4) is 0 Å². The first-order chi connectivity index (χ1) is 13.8. The Morgan fingerprint density at radius 1 is 1.07 bits per heavy atom. The van der Waals surface area contributed by atoms with Gasteiger partial charge in [-0.1, -0.05) is 48.0 Å². The smallest absolute Gasteiger partial charge is 0.339 e. The van der Waals surface area contributed by atoms with Gasteiger partial charge in [0.25, 0.3) is 11.5 Å². The van der Waals surface area contributed by atoms with Gasteiger partial charge in [0.1, 0.15) is 0 Å². The fourth-order valence-corrected chi connectivity index (χ4v) is 2.81. The van der Waals surface area contributed by atoms with Crippen LogP contribution in [0.1, 0.15) is 27.6 Å². The first-order valence-corrected chi connectivity index (χ1v) is 9.22. The molecule has 0 saturated heterocycles. The summed E-state index contributed by atoms with van der Waals surface area (Å²) in [4.78, 5) is 37.3. The minimum absolute atomic E-state index is 0.0696. The molecule has 1 amide bonds. The van der Waals surface area contributed by atoms with E-state index in [1.54, 1.807) is 55.6 Å². The predicted octanol–water partition coefficient (Wildman–Crippen LogP) is 3.88. The third kappa shape index (κ3) is 4.92. The Kier molecular flexibility index (Phi) is 6.14. The molecular formula is C22H19ClN2O4. The number of anilines is 1. The SMILES string of the molecule is Cc1ccc(NC(=O)[C@@H](OC(=O)c2ccn(C)c(=O)c2)c2ccccc2)cc1Cl. The van der Waals surface area contributed by atoms with E-state index in [0.717, 1.165) is 5.56 Å². The van der Waals surface area contributed by atoms with Crippen LogP contribution in [0.4, 0.5) is 5.69 Å². The number of carbonyl (C=O) groups excluding carboxylic acids is 2. The number of pyridine rings is 1. The molecule has 1 N–H and O–H groups in total. The van der Waals surface area contributed by atoms with E-state index < -0.39 is 18.0 Å². The van der Waals surface area contributed by atoms with Crippen LogP contribution in [0.2, 0.25) is 5.02 Å². The van der Waals surface area contributed by atoms with E-state index in [4.69, 9.17) is 16.3 Å². The second-order valence-electron chi connectivity index (χ2n) is 6.51. The summed E-state index contributed by atoms with van der Waals surface area (Å²) in [6.45, 7) is 1.85. The minimum Gasteiger partial charge on any atom is -0.444 e. The Balaban J connectivity index is 1.87. The molecule has 1 atom stereocenters. The quantitative estimate of drug-likeness (QED) is 0.647. The van der Waals surface area contributed by atoms with Crippen molar-refractivity contribution in [3.05, 3.63) is 98.9 Å². The van der Waals surface area contributed by atoms with Crippen LogP contribution in [-0.2, 0) is 16.6 Å². The van der Waals surface area contributed by atoms with Crippen LogP contribution in [0, 0.1) is 6.92 Å². The summed E-state index contributed by atoms with van der Waals surface area (Å²) in [5, 5.41) is 3.23. The van der Waals surface area contributed by atoms with Crippen molar-refractivity contribution in [2.75, 3.05) is 5.32 Å². The van der Waals surface area contributed by atoms with Crippen molar-refractivity contribution in [2.45, 2.75) is 13.0 Å². The number of ether oxygens (including phenoxy) is 1. The predicted molar refractivity (Wildman–Crippen MR) is 111 cm³/mol. The molecule has 1 heterocycles. The standard InChI is InChI=1S/C22H19ClN2O4/c1-14-8-9-17(13-18(14)23)24-21(27)20(15-6-4-3-5-7-15)29-22(28)16-10-11-25(2)19(26)12-16/h3-13,20H,1-2H3,(H,24,27)/t20-/m0/s1. The fraction of sp³-hybridized carbons (Fsp3) is 0.136.